The molecule has 9 aromatic carbocycles. The van der Waals surface area contributed by atoms with Crippen molar-refractivity contribution in [2.45, 2.75) is 0 Å². The largest absolute Gasteiger partial charge is 0.456 e. The molecule has 0 N–H and O–H groups in total. The van der Waals surface area contributed by atoms with E-state index >= 15 is 0 Å². The average molecular weight is 793 g/mol. The van der Waals surface area contributed by atoms with Crippen molar-refractivity contribution in [1.29, 1.82) is 0 Å². The molecule has 5 nitrogen and oxygen atoms in total. The highest BCUT2D eigenvalue weighted by Crippen LogP contribution is 2.42. The molecule has 5 heteroatoms. The normalized spacial score (nSPS) is 11.5. The van der Waals surface area contributed by atoms with Crippen LogP contribution in [0.5, 0.6) is 0 Å². The fourth-order valence-corrected chi connectivity index (χ4v) is 8.88. The third kappa shape index (κ3) is 6.14. The molecule has 0 saturated carbocycles. The molecule has 62 heavy (non-hydrogen) atoms. The minimum Gasteiger partial charge on any atom is -0.456 e. The minimum atomic E-state index is 0.597. The number of benzene rings is 9. The Morgan fingerprint density at radius 3 is 1.60 bits per heavy atom. The number of para-hydroxylation sites is 2. The summed E-state index contributed by atoms with van der Waals surface area (Å²) in [6.07, 6.45) is 0. The first-order valence-corrected chi connectivity index (χ1v) is 20.8. The lowest BCUT2D eigenvalue weighted by Gasteiger charge is -2.12. The van der Waals surface area contributed by atoms with E-state index in [1.54, 1.807) is 0 Å². The van der Waals surface area contributed by atoms with Gasteiger partial charge in [0.25, 0.3) is 0 Å². The van der Waals surface area contributed by atoms with Crippen LogP contribution in [-0.4, -0.2) is 19.5 Å². The van der Waals surface area contributed by atoms with Crippen LogP contribution < -0.4 is 0 Å². The molecule has 0 atom stereocenters. The standard InChI is InChI=1S/C57H36N4O/c1-5-16-37(17-6-1)40-29-31-50-49(33-40)46-30-28-43(35-51(46)61(50)45-24-11-4-12-25-45)57-59-55(39-20-9-3-10-21-39)58-56(60-57)42-23-15-22-41(32-42)48-34-44(38-18-7-2-8-19-38)36-53-54(48)47-26-13-14-27-52(47)62-53/h1-36H. The Morgan fingerprint density at radius 2 is 0.871 bits per heavy atom. The maximum atomic E-state index is 6.50. The van der Waals surface area contributed by atoms with E-state index in [9.17, 15) is 0 Å². The quantitative estimate of drug-likeness (QED) is 0.161. The molecule has 0 unspecified atom stereocenters. The predicted octanol–water partition coefficient (Wildman–Crippen LogP) is 14.9. The van der Waals surface area contributed by atoms with Gasteiger partial charge in [-0.2, -0.15) is 0 Å². The summed E-state index contributed by atoms with van der Waals surface area (Å²) in [4.78, 5) is 15.6. The number of hydrogen-bond acceptors (Lipinski definition) is 4. The molecule has 3 heterocycles. The summed E-state index contributed by atoms with van der Waals surface area (Å²) in [6, 6.07) is 76.3. The summed E-state index contributed by atoms with van der Waals surface area (Å²) in [5.74, 6) is 1.81. The third-order valence-corrected chi connectivity index (χ3v) is 11.8. The second kappa shape index (κ2) is 14.7. The van der Waals surface area contributed by atoms with E-state index < -0.39 is 0 Å². The lowest BCUT2D eigenvalue weighted by atomic mass is 9.93. The van der Waals surface area contributed by atoms with Crippen LogP contribution in [0.3, 0.4) is 0 Å². The maximum Gasteiger partial charge on any atom is 0.164 e. The maximum absolute atomic E-state index is 6.50. The zero-order valence-electron chi connectivity index (χ0n) is 33.5. The summed E-state index contributed by atoms with van der Waals surface area (Å²) in [6.45, 7) is 0. The second-order valence-corrected chi connectivity index (χ2v) is 15.6. The third-order valence-electron chi connectivity index (χ3n) is 11.8. The molecule has 0 aliphatic carbocycles. The van der Waals surface area contributed by atoms with Crippen LogP contribution in [-0.2, 0) is 0 Å². The van der Waals surface area contributed by atoms with Crippen molar-refractivity contribution in [3.05, 3.63) is 218 Å². The molecule has 0 radical (unpaired) electrons. The van der Waals surface area contributed by atoms with E-state index in [0.29, 0.717) is 17.5 Å². The van der Waals surface area contributed by atoms with Crippen molar-refractivity contribution in [3.63, 3.8) is 0 Å². The molecule has 3 aromatic heterocycles. The number of aromatic nitrogens is 4. The average Bonchev–Trinajstić information content (AvgIpc) is 3.90. The first kappa shape index (κ1) is 35.5. The lowest BCUT2D eigenvalue weighted by molar-refractivity contribution is 0.669. The highest BCUT2D eigenvalue weighted by Gasteiger charge is 2.19. The number of rotatable bonds is 7. The molecule has 0 aliphatic heterocycles. The van der Waals surface area contributed by atoms with Crippen molar-refractivity contribution in [2.24, 2.45) is 0 Å². The Morgan fingerprint density at radius 1 is 0.306 bits per heavy atom. The Hall–Kier alpha value is -8.41. The summed E-state index contributed by atoms with van der Waals surface area (Å²) in [7, 11) is 0. The van der Waals surface area contributed by atoms with Crippen molar-refractivity contribution >= 4 is 43.7 Å². The first-order chi connectivity index (χ1) is 30.7. The van der Waals surface area contributed by atoms with Gasteiger partial charge in [0.2, 0.25) is 0 Å². The van der Waals surface area contributed by atoms with Crippen LogP contribution in [0.4, 0.5) is 0 Å². The SMILES string of the molecule is c1ccc(-c2cc(-c3cccc(-c4nc(-c5ccccc5)nc(-c5ccc6c7cc(-c8ccccc8)ccc7n(-c7ccccc7)c6c5)n4)c3)c3c(c2)oc2ccccc23)cc1. The number of furan rings is 1. The van der Waals surface area contributed by atoms with Crippen LogP contribution in [0.15, 0.2) is 223 Å². The van der Waals surface area contributed by atoms with Crippen molar-refractivity contribution < 1.29 is 4.42 Å². The Bertz CT molecular complexity index is 3610. The molecule has 290 valence electrons. The number of fused-ring (bicyclic) bond motifs is 6. The molecule has 0 aliphatic rings. The van der Waals surface area contributed by atoms with Gasteiger partial charge in [-0.25, -0.2) is 15.0 Å². The molecule has 0 fully saturated rings. The fourth-order valence-electron chi connectivity index (χ4n) is 8.88. The summed E-state index contributed by atoms with van der Waals surface area (Å²) < 4.78 is 8.84. The van der Waals surface area contributed by atoms with Gasteiger partial charge < -0.3 is 8.98 Å². The smallest absolute Gasteiger partial charge is 0.164 e. The molecule has 0 amide bonds. The van der Waals surface area contributed by atoms with Gasteiger partial charge in [0.1, 0.15) is 11.2 Å². The summed E-state index contributed by atoms with van der Waals surface area (Å²) >= 11 is 0. The van der Waals surface area contributed by atoms with E-state index in [4.69, 9.17) is 19.4 Å². The van der Waals surface area contributed by atoms with Crippen LogP contribution >= 0.6 is 0 Å². The van der Waals surface area contributed by atoms with Gasteiger partial charge in [-0.05, 0) is 88.0 Å². The molecule has 0 bridgehead atoms. The molecular formula is C57H36N4O. The molecular weight excluding hydrogens is 757 g/mol. The van der Waals surface area contributed by atoms with Gasteiger partial charge in [-0.1, -0.05) is 164 Å². The zero-order chi connectivity index (χ0) is 41.0. The van der Waals surface area contributed by atoms with Gasteiger partial charge in [-0.15, -0.1) is 0 Å². The highest BCUT2D eigenvalue weighted by molar-refractivity contribution is 6.14. The van der Waals surface area contributed by atoms with Crippen molar-refractivity contribution in [1.82, 2.24) is 19.5 Å². The topological polar surface area (TPSA) is 56.7 Å². The second-order valence-electron chi connectivity index (χ2n) is 15.6. The van der Waals surface area contributed by atoms with Gasteiger partial charge in [0.05, 0.1) is 11.0 Å². The fraction of sp³-hybridized carbons (Fsp3) is 0. The van der Waals surface area contributed by atoms with Gasteiger partial charge in [-0.3, -0.25) is 0 Å². The molecule has 12 rings (SSSR count). The first-order valence-electron chi connectivity index (χ1n) is 20.8. The van der Waals surface area contributed by atoms with E-state index in [1.165, 1.54) is 16.5 Å². The Labute approximate surface area is 357 Å². The highest BCUT2D eigenvalue weighted by atomic mass is 16.3. The Kier molecular flexibility index (Phi) is 8.42. The predicted molar refractivity (Wildman–Crippen MR) is 254 cm³/mol. The zero-order valence-corrected chi connectivity index (χ0v) is 33.5. The van der Waals surface area contributed by atoms with Crippen LogP contribution in [0.2, 0.25) is 0 Å². The molecule has 12 aromatic rings. The summed E-state index contributed by atoms with van der Waals surface area (Å²) in [5.41, 5.74) is 14.4. The van der Waals surface area contributed by atoms with E-state index in [0.717, 1.165) is 83.0 Å². The summed E-state index contributed by atoms with van der Waals surface area (Å²) in [5, 5.41) is 4.50. The lowest BCUT2D eigenvalue weighted by Crippen LogP contribution is -2.00. The monoisotopic (exact) mass is 792 g/mol. The Balaban J connectivity index is 1.05. The van der Waals surface area contributed by atoms with Gasteiger partial charge >= 0.3 is 0 Å². The molecule has 0 saturated heterocycles. The van der Waals surface area contributed by atoms with Gasteiger partial charge in [0.15, 0.2) is 17.5 Å². The molecule has 0 spiro atoms. The minimum absolute atomic E-state index is 0.597. The van der Waals surface area contributed by atoms with E-state index in [-0.39, 0.29) is 0 Å². The van der Waals surface area contributed by atoms with Crippen LogP contribution in [0, 0.1) is 0 Å². The van der Waals surface area contributed by atoms with Crippen molar-refractivity contribution in [3.8, 4) is 73.2 Å². The van der Waals surface area contributed by atoms with Crippen LogP contribution in [0.25, 0.3) is 117 Å². The van der Waals surface area contributed by atoms with Gasteiger partial charge in [0, 0.05) is 43.9 Å². The number of nitrogens with zero attached hydrogens (tertiary/aromatic N) is 4. The van der Waals surface area contributed by atoms with Crippen molar-refractivity contribution in [2.75, 3.05) is 0 Å². The van der Waals surface area contributed by atoms with E-state index in [1.807, 2.05) is 36.4 Å². The number of hydrogen-bond donors (Lipinski definition) is 0. The van der Waals surface area contributed by atoms with E-state index in [2.05, 4.69) is 187 Å². The van der Waals surface area contributed by atoms with Crippen LogP contribution in [0.1, 0.15) is 0 Å².